The molecule has 4 fully saturated rings. The van der Waals surface area contributed by atoms with Gasteiger partial charge in [-0.25, -0.2) is 0 Å². The van der Waals surface area contributed by atoms with Crippen LogP contribution in [0.25, 0.3) is 0 Å². The third kappa shape index (κ3) is 2.04. The SMILES string of the molecule is C[C@]12CCC(O)CC1OCC[C@@H]1[C@@H]2CC[C@]2(C)C(O)CC[C@@H]12. The van der Waals surface area contributed by atoms with E-state index in [1.807, 2.05) is 0 Å². The van der Waals surface area contributed by atoms with Gasteiger partial charge in [0.25, 0.3) is 0 Å². The summed E-state index contributed by atoms with van der Waals surface area (Å²) in [6, 6.07) is 0. The van der Waals surface area contributed by atoms with Crippen LogP contribution in [0.2, 0.25) is 0 Å². The molecule has 1 heterocycles. The Morgan fingerprint density at radius 2 is 1.59 bits per heavy atom. The average molecular weight is 308 g/mol. The van der Waals surface area contributed by atoms with E-state index in [1.54, 1.807) is 0 Å². The summed E-state index contributed by atoms with van der Waals surface area (Å²) in [6.07, 6.45) is 8.58. The molecule has 1 saturated heterocycles. The summed E-state index contributed by atoms with van der Waals surface area (Å²) in [5.74, 6) is 2.10. The minimum atomic E-state index is -0.170. The van der Waals surface area contributed by atoms with Gasteiger partial charge in [-0.1, -0.05) is 13.8 Å². The second kappa shape index (κ2) is 5.19. The van der Waals surface area contributed by atoms with Crippen LogP contribution in [0, 0.1) is 28.6 Å². The highest BCUT2D eigenvalue weighted by Crippen LogP contribution is 2.63. The van der Waals surface area contributed by atoms with Crippen molar-refractivity contribution in [3.05, 3.63) is 0 Å². The maximum atomic E-state index is 10.5. The van der Waals surface area contributed by atoms with Crippen molar-refractivity contribution in [1.82, 2.24) is 0 Å². The predicted octanol–water partition coefficient (Wildman–Crippen LogP) is 3.13. The number of hydrogen-bond acceptors (Lipinski definition) is 3. The molecule has 0 aromatic rings. The largest absolute Gasteiger partial charge is 0.393 e. The topological polar surface area (TPSA) is 49.7 Å². The molecule has 3 nitrogen and oxygen atoms in total. The highest BCUT2D eigenvalue weighted by Gasteiger charge is 2.59. The minimum Gasteiger partial charge on any atom is -0.393 e. The molecule has 8 atom stereocenters. The Balaban J connectivity index is 1.65. The van der Waals surface area contributed by atoms with Crippen LogP contribution in [0.4, 0.5) is 0 Å². The number of fused-ring (bicyclic) bond motifs is 5. The Labute approximate surface area is 134 Å². The van der Waals surface area contributed by atoms with Gasteiger partial charge < -0.3 is 14.9 Å². The van der Waals surface area contributed by atoms with Crippen molar-refractivity contribution < 1.29 is 14.9 Å². The molecule has 0 amide bonds. The number of aliphatic hydroxyl groups excluding tert-OH is 2. The van der Waals surface area contributed by atoms with Crippen molar-refractivity contribution >= 4 is 0 Å². The maximum absolute atomic E-state index is 10.5. The summed E-state index contributed by atoms with van der Waals surface area (Å²) in [4.78, 5) is 0. The molecule has 0 aromatic heterocycles. The Morgan fingerprint density at radius 1 is 0.864 bits per heavy atom. The van der Waals surface area contributed by atoms with E-state index in [0.717, 1.165) is 44.6 Å². The van der Waals surface area contributed by atoms with Crippen LogP contribution in [-0.4, -0.2) is 35.1 Å². The van der Waals surface area contributed by atoms with E-state index in [9.17, 15) is 10.2 Å². The van der Waals surface area contributed by atoms with Crippen LogP contribution in [0.15, 0.2) is 0 Å². The lowest BCUT2D eigenvalue weighted by molar-refractivity contribution is -0.124. The zero-order chi connectivity index (χ0) is 15.5. The third-order valence-electron chi connectivity index (χ3n) is 8.24. The molecule has 0 spiro atoms. The molecular formula is C19H32O3. The van der Waals surface area contributed by atoms with Gasteiger partial charge in [0.1, 0.15) is 0 Å². The molecule has 126 valence electrons. The molecule has 3 saturated carbocycles. The van der Waals surface area contributed by atoms with E-state index in [2.05, 4.69) is 13.8 Å². The van der Waals surface area contributed by atoms with Crippen molar-refractivity contribution in [2.45, 2.75) is 83.5 Å². The van der Waals surface area contributed by atoms with Gasteiger partial charge in [-0.3, -0.25) is 0 Å². The van der Waals surface area contributed by atoms with Gasteiger partial charge in [0.15, 0.2) is 0 Å². The first-order chi connectivity index (χ1) is 10.4. The second-order valence-electron chi connectivity index (χ2n) is 9.10. The molecule has 0 bridgehead atoms. The third-order valence-corrected chi connectivity index (χ3v) is 8.24. The van der Waals surface area contributed by atoms with Crippen LogP contribution in [0.1, 0.15) is 65.2 Å². The van der Waals surface area contributed by atoms with E-state index in [0.29, 0.717) is 11.8 Å². The molecule has 2 N–H and O–H groups in total. The molecular weight excluding hydrogens is 276 g/mol. The summed E-state index contributed by atoms with van der Waals surface area (Å²) < 4.78 is 6.26. The van der Waals surface area contributed by atoms with Crippen molar-refractivity contribution in [3.63, 3.8) is 0 Å². The molecule has 3 aliphatic carbocycles. The van der Waals surface area contributed by atoms with Crippen molar-refractivity contribution in [2.75, 3.05) is 6.61 Å². The Bertz CT molecular complexity index is 438. The van der Waals surface area contributed by atoms with E-state index in [1.165, 1.54) is 19.3 Å². The average Bonchev–Trinajstić information content (AvgIpc) is 2.70. The van der Waals surface area contributed by atoms with Crippen molar-refractivity contribution in [1.29, 1.82) is 0 Å². The van der Waals surface area contributed by atoms with E-state index in [-0.39, 0.29) is 29.1 Å². The lowest BCUT2D eigenvalue weighted by Crippen LogP contribution is -2.52. The Kier molecular flexibility index (Phi) is 3.63. The van der Waals surface area contributed by atoms with Crippen LogP contribution in [0.5, 0.6) is 0 Å². The summed E-state index contributed by atoms with van der Waals surface area (Å²) in [7, 11) is 0. The lowest BCUT2D eigenvalue weighted by Gasteiger charge is -2.55. The smallest absolute Gasteiger partial charge is 0.0656 e. The summed E-state index contributed by atoms with van der Waals surface area (Å²) in [6.45, 7) is 5.61. The summed E-state index contributed by atoms with van der Waals surface area (Å²) in [5, 5.41) is 20.6. The second-order valence-corrected chi connectivity index (χ2v) is 9.10. The van der Waals surface area contributed by atoms with Crippen molar-refractivity contribution in [2.24, 2.45) is 28.6 Å². The standard InChI is InChI=1S/C19H32O3/c1-18-9-6-15-13(14(18)3-4-16(18)21)7-10-22-17-11-12(20)5-8-19(15,17)2/h12-17,20-21H,3-11H2,1-2H3/t12?,13-,14-,15-,16?,17?,18-,19+/m0/s1. The van der Waals surface area contributed by atoms with Gasteiger partial charge >= 0.3 is 0 Å². The zero-order valence-corrected chi connectivity index (χ0v) is 14.1. The fraction of sp³-hybridized carbons (Fsp3) is 1.00. The lowest BCUT2D eigenvalue weighted by atomic mass is 9.51. The quantitative estimate of drug-likeness (QED) is 0.723. The summed E-state index contributed by atoms with van der Waals surface area (Å²) in [5.41, 5.74) is 0.376. The number of rotatable bonds is 0. The fourth-order valence-corrected chi connectivity index (χ4v) is 6.78. The van der Waals surface area contributed by atoms with Gasteiger partial charge in [0.2, 0.25) is 0 Å². The molecule has 3 heteroatoms. The molecule has 3 unspecified atom stereocenters. The number of ether oxygens (including phenoxy) is 1. The van der Waals surface area contributed by atoms with E-state index < -0.39 is 0 Å². The normalized spacial score (nSPS) is 58.4. The predicted molar refractivity (Wildman–Crippen MR) is 85.4 cm³/mol. The monoisotopic (exact) mass is 308 g/mol. The first kappa shape index (κ1) is 15.4. The molecule has 4 aliphatic rings. The molecule has 0 aromatic carbocycles. The van der Waals surface area contributed by atoms with Crippen LogP contribution in [-0.2, 0) is 4.74 Å². The first-order valence-corrected chi connectivity index (χ1v) is 9.43. The minimum absolute atomic E-state index is 0.0978. The van der Waals surface area contributed by atoms with Gasteiger partial charge in [-0.2, -0.15) is 0 Å². The van der Waals surface area contributed by atoms with Crippen LogP contribution < -0.4 is 0 Å². The van der Waals surface area contributed by atoms with Crippen LogP contribution in [0.3, 0.4) is 0 Å². The van der Waals surface area contributed by atoms with Gasteiger partial charge in [-0.05, 0) is 73.5 Å². The molecule has 22 heavy (non-hydrogen) atoms. The number of hydrogen-bond donors (Lipinski definition) is 2. The first-order valence-electron chi connectivity index (χ1n) is 9.43. The van der Waals surface area contributed by atoms with Crippen molar-refractivity contribution in [3.8, 4) is 0 Å². The Morgan fingerprint density at radius 3 is 2.41 bits per heavy atom. The maximum Gasteiger partial charge on any atom is 0.0656 e. The highest BCUT2D eigenvalue weighted by atomic mass is 16.5. The highest BCUT2D eigenvalue weighted by molar-refractivity contribution is 5.08. The van der Waals surface area contributed by atoms with Gasteiger partial charge in [-0.15, -0.1) is 0 Å². The Hall–Kier alpha value is -0.120. The zero-order valence-electron chi connectivity index (χ0n) is 14.1. The van der Waals surface area contributed by atoms with E-state index in [4.69, 9.17) is 4.74 Å². The fourth-order valence-electron chi connectivity index (χ4n) is 6.78. The van der Waals surface area contributed by atoms with Gasteiger partial charge in [0, 0.05) is 13.0 Å². The van der Waals surface area contributed by atoms with E-state index >= 15 is 0 Å². The number of aliphatic hydroxyl groups is 2. The molecule has 0 radical (unpaired) electrons. The van der Waals surface area contributed by atoms with Gasteiger partial charge in [0.05, 0.1) is 18.3 Å². The van der Waals surface area contributed by atoms with Crippen LogP contribution >= 0.6 is 0 Å². The summed E-state index contributed by atoms with van der Waals surface area (Å²) >= 11 is 0. The molecule has 4 rings (SSSR count). The molecule has 1 aliphatic heterocycles.